The number of halogens is 1. The molecule has 1 heterocycles. The normalized spacial score (nSPS) is 11.1. The van der Waals surface area contributed by atoms with Gasteiger partial charge in [-0.3, -0.25) is 0 Å². The van der Waals surface area contributed by atoms with Crippen molar-refractivity contribution in [1.29, 1.82) is 0 Å². The second kappa shape index (κ2) is 4.59. The lowest BCUT2D eigenvalue weighted by Gasteiger charge is -1.98. The fourth-order valence-corrected chi connectivity index (χ4v) is 2.26. The lowest BCUT2D eigenvalue weighted by Crippen LogP contribution is -1.88. The summed E-state index contributed by atoms with van der Waals surface area (Å²) in [6.07, 6.45) is 0.916. The van der Waals surface area contributed by atoms with Crippen molar-refractivity contribution in [3.63, 3.8) is 0 Å². The van der Waals surface area contributed by atoms with E-state index in [0.717, 1.165) is 23.1 Å². The van der Waals surface area contributed by atoms with Gasteiger partial charge >= 0.3 is 0 Å². The monoisotopic (exact) mass is 272 g/mol. The second-order valence-electron chi connectivity index (χ2n) is 4.42. The van der Waals surface area contributed by atoms with Crippen LogP contribution in [-0.4, -0.2) is 4.98 Å². The molecule has 2 N–H and O–H groups in total. The van der Waals surface area contributed by atoms with Crippen LogP contribution in [0.15, 0.2) is 40.8 Å². The van der Waals surface area contributed by atoms with Gasteiger partial charge in [-0.15, -0.1) is 0 Å². The van der Waals surface area contributed by atoms with E-state index in [0.29, 0.717) is 22.2 Å². The van der Waals surface area contributed by atoms with E-state index in [1.165, 1.54) is 0 Å². The minimum atomic E-state index is 0.539. The molecule has 0 aliphatic heterocycles. The summed E-state index contributed by atoms with van der Waals surface area (Å²) in [4.78, 5) is 4.49. The van der Waals surface area contributed by atoms with Gasteiger partial charge in [-0.2, -0.15) is 0 Å². The molecule has 0 radical (unpaired) electrons. The van der Waals surface area contributed by atoms with Crippen molar-refractivity contribution in [3.8, 4) is 11.5 Å². The molecule has 0 amide bonds. The van der Waals surface area contributed by atoms with E-state index in [1.807, 2.05) is 36.4 Å². The van der Waals surface area contributed by atoms with Crippen LogP contribution in [0.25, 0.3) is 22.6 Å². The van der Waals surface area contributed by atoms with Crippen LogP contribution in [-0.2, 0) is 6.42 Å². The summed E-state index contributed by atoms with van der Waals surface area (Å²) in [7, 11) is 0. The van der Waals surface area contributed by atoms with Gasteiger partial charge in [0.2, 0.25) is 5.89 Å². The fraction of sp³-hybridized carbons (Fsp3) is 0.133. The Hall–Kier alpha value is -2.00. The first kappa shape index (κ1) is 12.1. The Morgan fingerprint density at radius 1 is 1.26 bits per heavy atom. The highest BCUT2D eigenvalue weighted by atomic mass is 35.5. The van der Waals surface area contributed by atoms with E-state index >= 15 is 0 Å². The fourth-order valence-electron chi connectivity index (χ4n) is 2.07. The number of nitrogen functional groups attached to an aromatic ring is 1. The van der Waals surface area contributed by atoms with E-state index in [-0.39, 0.29) is 0 Å². The lowest BCUT2D eigenvalue weighted by atomic mass is 10.1. The molecule has 96 valence electrons. The Balaban J connectivity index is 2.19. The first-order valence-corrected chi connectivity index (χ1v) is 6.50. The molecule has 0 atom stereocenters. The topological polar surface area (TPSA) is 52.0 Å². The lowest BCUT2D eigenvalue weighted by molar-refractivity contribution is 0.621. The van der Waals surface area contributed by atoms with E-state index in [9.17, 15) is 0 Å². The number of aryl methyl sites for hydroxylation is 1. The van der Waals surface area contributed by atoms with Crippen LogP contribution < -0.4 is 5.73 Å². The minimum Gasteiger partial charge on any atom is -0.434 e. The maximum absolute atomic E-state index is 5.99. The molecule has 0 bridgehead atoms. The molecule has 0 saturated heterocycles. The number of hydrogen-bond acceptors (Lipinski definition) is 3. The summed E-state index contributed by atoms with van der Waals surface area (Å²) in [5.41, 5.74) is 10.0. The molecule has 3 nitrogen and oxygen atoms in total. The number of hydrogen-bond donors (Lipinski definition) is 1. The maximum Gasteiger partial charge on any atom is 0.227 e. The van der Waals surface area contributed by atoms with Crippen molar-refractivity contribution in [2.75, 3.05) is 5.73 Å². The van der Waals surface area contributed by atoms with Crippen molar-refractivity contribution in [1.82, 2.24) is 4.98 Å². The highest BCUT2D eigenvalue weighted by Crippen LogP contribution is 2.30. The predicted molar refractivity (Wildman–Crippen MR) is 78.2 cm³/mol. The first-order valence-electron chi connectivity index (χ1n) is 6.12. The minimum absolute atomic E-state index is 0.539. The number of anilines is 1. The summed E-state index contributed by atoms with van der Waals surface area (Å²) < 4.78 is 5.74. The standard InChI is InChI=1S/C15H13ClN2O/c1-2-9-6-12(17)14-13(7-9)18-15(19-14)10-4-3-5-11(16)8-10/h3-8H,2,17H2,1H3. The molecule has 3 rings (SSSR count). The van der Waals surface area contributed by atoms with Crippen molar-refractivity contribution >= 4 is 28.4 Å². The second-order valence-corrected chi connectivity index (χ2v) is 4.85. The summed E-state index contributed by atoms with van der Waals surface area (Å²) in [6, 6.07) is 11.3. The number of fused-ring (bicyclic) bond motifs is 1. The first-order chi connectivity index (χ1) is 9.17. The van der Waals surface area contributed by atoms with Gasteiger partial charge in [-0.1, -0.05) is 24.6 Å². The van der Waals surface area contributed by atoms with Gasteiger partial charge in [0, 0.05) is 10.6 Å². The molecule has 4 heteroatoms. The van der Waals surface area contributed by atoms with Crippen molar-refractivity contribution in [2.24, 2.45) is 0 Å². The van der Waals surface area contributed by atoms with Gasteiger partial charge in [-0.25, -0.2) is 4.98 Å². The third kappa shape index (κ3) is 2.17. The molecule has 0 aliphatic rings. The van der Waals surface area contributed by atoms with Gasteiger partial charge in [0.25, 0.3) is 0 Å². The number of rotatable bonds is 2. The average molecular weight is 273 g/mol. The number of oxazole rings is 1. The molecule has 0 aliphatic carbocycles. The van der Waals surface area contributed by atoms with E-state index < -0.39 is 0 Å². The Morgan fingerprint density at radius 3 is 2.84 bits per heavy atom. The van der Waals surface area contributed by atoms with Crippen LogP contribution in [0, 0.1) is 0 Å². The molecule has 0 fully saturated rings. The van der Waals surface area contributed by atoms with Crippen LogP contribution in [0.4, 0.5) is 5.69 Å². The van der Waals surface area contributed by atoms with Gasteiger partial charge in [0.1, 0.15) is 5.52 Å². The van der Waals surface area contributed by atoms with Crippen LogP contribution in [0.5, 0.6) is 0 Å². The van der Waals surface area contributed by atoms with E-state index in [1.54, 1.807) is 0 Å². The molecule has 0 saturated carbocycles. The van der Waals surface area contributed by atoms with Gasteiger partial charge < -0.3 is 10.2 Å². The largest absolute Gasteiger partial charge is 0.434 e. The summed E-state index contributed by atoms with van der Waals surface area (Å²) in [5.74, 6) is 0.539. The third-order valence-corrected chi connectivity index (χ3v) is 3.29. The molecule has 0 spiro atoms. The Labute approximate surface area is 116 Å². The van der Waals surface area contributed by atoms with Crippen LogP contribution in [0.2, 0.25) is 5.02 Å². The van der Waals surface area contributed by atoms with Crippen LogP contribution >= 0.6 is 11.6 Å². The smallest absolute Gasteiger partial charge is 0.227 e. The molecule has 2 aromatic carbocycles. The summed E-state index contributed by atoms with van der Waals surface area (Å²) in [5, 5.41) is 0.655. The zero-order chi connectivity index (χ0) is 13.4. The molecular weight excluding hydrogens is 260 g/mol. The molecule has 1 aromatic heterocycles. The van der Waals surface area contributed by atoms with Gasteiger partial charge in [-0.05, 0) is 42.3 Å². The molecular formula is C15H13ClN2O. The molecule has 3 aromatic rings. The number of benzene rings is 2. The maximum atomic E-state index is 5.99. The van der Waals surface area contributed by atoms with Gasteiger partial charge in [0.05, 0.1) is 5.69 Å². The van der Waals surface area contributed by atoms with E-state index in [2.05, 4.69) is 11.9 Å². The van der Waals surface area contributed by atoms with Crippen molar-refractivity contribution < 1.29 is 4.42 Å². The Morgan fingerprint density at radius 2 is 2.11 bits per heavy atom. The van der Waals surface area contributed by atoms with Gasteiger partial charge in [0.15, 0.2) is 5.58 Å². The quantitative estimate of drug-likeness (QED) is 0.708. The zero-order valence-electron chi connectivity index (χ0n) is 10.5. The van der Waals surface area contributed by atoms with Crippen LogP contribution in [0.3, 0.4) is 0 Å². The number of nitrogens with two attached hydrogens (primary N) is 1. The van der Waals surface area contributed by atoms with Crippen molar-refractivity contribution in [3.05, 3.63) is 47.0 Å². The highest BCUT2D eigenvalue weighted by Gasteiger charge is 2.11. The third-order valence-electron chi connectivity index (χ3n) is 3.06. The number of nitrogens with zero attached hydrogens (tertiary/aromatic N) is 1. The Bertz CT molecular complexity index is 749. The van der Waals surface area contributed by atoms with Crippen molar-refractivity contribution in [2.45, 2.75) is 13.3 Å². The summed E-state index contributed by atoms with van der Waals surface area (Å²) >= 11 is 5.98. The zero-order valence-corrected chi connectivity index (χ0v) is 11.2. The average Bonchev–Trinajstić information content (AvgIpc) is 2.83. The highest BCUT2D eigenvalue weighted by molar-refractivity contribution is 6.30. The van der Waals surface area contributed by atoms with E-state index in [4.69, 9.17) is 21.8 Å². The van der Waals surface area contributed by atoms with Crippen LogP contribution in [0.1, 0.15) is 12.5 Å². The molecule has 19 heavy (non-hydrogen) atoms. The molecule has 0 unspecified atom stereocenters. The Kier molecular flexibility index (Phi) is 2.91. The summed E-state index contributed by atoms with van der Waals surface area (Å²) in [6.45, 7) is 2.08. The number of aromatic nitrogens is 1. The SMILES string of the molecule is CCc1cc(N)c2oc(-c3cccc(Cl)c3)nc2c1. The predicted octanol–water partition coefficient (Wildman–Crippen LogP) is 4.29.